The second-order valence-corrected chi connectivity index (χ2v) is 3.67. The van der Waals surface area contributed by atoms with Crippen molar-refractivity contribution in [3.63, 3.8) is 0 Å². The summed E-state index contributed by atoms with van der Waals surface area (Å²) in [5.41, 5.74) is 5.25. The maximum Gasteiger partial charge on any atom is 0.0701 e. The van der Waals surface area contributed by atoms with Gasteiger partial charge in [0.15, 0.2) is 0 Å². The Morgan fingerprint density at radius 1 is 0.714 bits per heavy atom. The molecule has 0 aliphatic heterocycles. The first-order valence-corrected chi connectivity index (χ1v) is 7.95. The van der Waals surface area contributed by atoms with E-state index in [0.717, 1.165) is 0 Å². The highest BCUT2D eigenvalue weighted by Crippen LogP contribution is 1.82. The van der Waals surface area contributed by atoms with Crippen LogP contribution in [0.5, 0.6) is 0 Å². The van der Waals surface area contributed by atoms with Gasteiger partial charge in [-0.2, -0.15) is 0 Å². The lowest BCUT2D eigenvalue weighted by Crippen LogP contribution is -2.14. The Balaban J connectivity index is -0.000000239. The van der Waals surface area contributed by atoms with Gasteiger partial charge in [0.1, 0.15) is 0 Å². The van der Waals surface area contributed by atoms with Gasteiger partial charge in [0.05, 0.1) is 59.5 Å². The monoisotopic (exact) mass is 313 g/mol. The van der Waals surface area contributed by atoms with Gasteiger partial charge < -0.3 is 29.8 Å². The molecule has 0 fully saturated rings. The maximum atomic E-state index is 8.42. The van der Waals surface area contributed by atoms with Gasteiger partial charge in [0.2, 0.25) is 0 Å². The summed E-state index contributed by atoms with van der Waals surface area (Å²) in [5, 5.41) is 8.42. The lowest BCUT2D eigenvalue weighted by Gasteiger charge is -2.06. The molecule has 0 aromatic rings. The van der Waals surface area contributed by atoms with Crippen LogP contribution >= 0.6 is 0 Å². The van der Waals surface area contributed by atoms with E-state index in [2.05, 4.69) is 13.8 Å². The highest BCUT2D eigenvalue weighted by molar-refractivity contribution is 4.35. The van der Waals surface area contributed by atoms with Crippen molar-refractivity contribution >= 4 is 0 Å². The number of aliphatic hydroxyl groups is 1. The molecule has 0 aliphatic carbocycles. The summed E-state index contributed by atoms with van der Waals surface area (Å²) >= 11 is 0. The molecule has 3 N–H and O–H groups in total. The summed E-state index contributed by atoms with van der Waals surface area (Å²) in [6.45, 7) is 13.0. The van der Waals surface area contributed by atoms with E-state index in [1.54, 1.807) is 0 Å². The number of hydrogen-bond acceptors (Lipinski definition) is 6. The van der Waals surface area contributed by atoms with E-state index in [9.17, 15) is 0 Å². The van der Waals surface area contributed by atoms with E-state index >= 15 is 0 Å². The molecule has 0 amide bonds. The molecule has 0 aromatic heterocycles. The fourth-order valence-electron chi connectivity index (χ4n) is 0.910. The van der Waals surface area contributed by atoms with Crippen molar-refractivity contribution in [1.29, 1.82) is 0 Å². The molecular weight excluding hydrogens is 274 g/mol. The van der Waals surface area contributed by atoms with Crippen molar-refractivity contribution in [3.8, 4) is 0 Å². The number of nitrogens with two attached hydrogens (primary N) is 1. The van der Waals surface area contributed by atoms with Gasteiger partial charge in [-0.25, -0.2) is 0 Å². The Bertz CT molecular complexity index is 131. The Morgan fingerprint density at radius 3 is 1.29 bits per heavy atom. The zero-order valence-corrected chi connectivity index (χ0v) is 14.4. The first kappa shape index (κ1) is 25.7. The van der Waals surface area contributed by atoms with Crippen LogP contribution < -0.4 is 5.73 Å². The van der Waals surface area contributed by atoms with Crippen LogP contribution in [0.25, 0.3) is 0 Å². The average Bonchev–Trinajstić information content (AvgIpc) is 2.51. The second-order valence-electron chi connectivity index (χ2n) is 3.67. The zero-order chi connectivity index (χ0) is 16.6. The third-order valence-corrected chi connectivity index (χ3v) is 1.61. The van der Waals surface area contributed by atoms with E-state index in [1.807, 2.05) is 13.8 Å². The molecule has 0 spiro atoms. The van der Waals surface area contributed by atoms with Gasteiger partial charge in [0, 0.05) is 7.97 Å². The van der Waals surface area contributed by atoms with Crippen molar-refractivity contribution in [3.05, 3.63) is 0 Å². The van der Waals surface area contributed by atoms with Gasteiger partial charge in [0.25, 0.3) is 0 Å². The summed E-state index contributed by atoms with van der Waals surface area (Å²) in [5.74, 6) is 0. The molecule has 0 saturated heterocycles. The normalized spacial score (nSPS) is 9.43. The minimum Gasteiger partial charge on any atom is -0.394 e. The third kappa shape index (κ3) is 38.3. The molecule has 6 heteroatoms. The van der Waals surface area contributed by atoms with E-state index in [4.69, 9.17) is 29.8 Å². The highest BCUT2D eigenvalue weighted by atomic mass is 16.6. The fourth-order valence-corrected chi connectivity index (χ4v) is 0.910. The molecule has 0 atom stereocenters. The third-order valence-electron chi connectivity index (χ3n) is 1.61. The SMILES string of the molecule is CC.CCC.NCCOCCOCCOCCOCCO.[HH]. The van der Waals surface area contributed by atoms with E-state index in [-0.39, 0.29) is 8.03 Å². The molecule has 21 heavy (non-hydrogen) atoms. The van der Waals surface area contributed by atoms with Crippen molar-refractivity contribution in [2.24, 2.45) is 5.73 Å². The number of hydrogen-bond donors (Lipinski definition) is 2. The summed E-state index contributed by atoms with van der Waals surface area (Å²) < 4.78 is 20.6. The van der Waals surface area contributed by atoms with Gasteiger partial charge in [-0.05, 0) is 0 Å². The molecule has 0 bridgehead atoms. The van der Waals surface area contributed by atoms with E-state index < -0.39 is 0 Å². The standard InChI is InChI=1S/C10H23NO5.C3H8.C2H6.H2/c11-1-3-13-5-7-15-9-10-16-8-6-14-4-2-12;1-3-2;1-2;/h12H,1-11H2;3H2,1-2H3;1-2H3;1H. The van der Waals surface area contributed by atoms with Crippen molar-refractivity contribution in [2.45, 2.75) is 34.1 Å². The fraction of sp³-hybridized carbons (Fsp3) is 1.00. The lowest BCUT2D eigenvalue weighted by molar-refractivity contribution is -0.00481. The molecule has 0 heterocycles. The van der Waals surface area contributed by atoms with Gasteiger partial charge in [-0.3, -0.25) is 0 Å². The van der Waals surface area contributed by atoms with Gasteiger partial charge >= 0.3 is 0 Å². The van der Waals surface area contributed by atoms with Crippen LogP contribution in [0.15, 0.2) is 0 Å². The molecule has 0 aromatic carbocycles. The van der Waals surface area contributed by atoms with Crippen molar-refractivity contribution < 1.29 is 25.5 Å². The summed E-state index contributed by atoms with van der Waals surface area (Å²) in [6, 6.07) is 0. The van der Waals surface area contributed by atoms with Crippen LogP contribution in [-0.4, -0.2) is 71.1 Å². The first-order valence-electron chi connectivity index (χ1n) is 7.95. The van der Waals surface area contributed by atoms with Crippen LogP contribution in [0.4, 0.5) is 0 Å². The van der Waals surface area contributed by atoms with Crippen molar-refractivity contribution in [2.75, 3.05) is 66.0 Å². The van der Waals surface area contributed by atoms with Crippen LogP contribution in [0.3, 0.4) is 0 Å². The quantitative estimate of drug-likeness (QED) is 0.504. The molecule has 0 rings (SSSR count). The molecule has 0 unspecified atom stereocenters. The summed E-state index contributed by atoms with van der Waals surface area (Å²) in [4.78, 5) is 0. The second kappa shape index (κ2) is 31.9. The predicted octanol–water partition coefficient (Wildman–Crippen LogP) is 1.69. The smallest absolute Gasteiger partial charge is 0.0701 e. The van der Waals surface area contributed by atoms with E-state index in [0.29, 0.717) is 59.4 Å². The van der Waals surface area contributed by atoms with Gasteiger partial charge in [-0.15, -0.1) is 0 Å². The van der Waals surface area contributed by atoms with Crippen molar-refractivity contribution in [1.82, 2.24) is 0 Å². The van der Waals surface area contributed by atoms with Crippen LogP contribution in [0.2, 0.25) is 0 Å². The minimum atomic E-state index is 0. The first-order chi connectivity index (χ1) is 10.3. The number of ether oxygens (including phenoxy) is 4. The molecule has 134 valence electrons. The largest absolute Gasteiger partial charge is 0.394 e. The Kier molecular flexibility index (Phi) is 39.1. The van der Waals surface area contributed by atoms with Crippen LogP contribution in [-0.2, 0) is 18.9 Å². The Morgan fingerprint density at radius 2 is 1.00 bits per heavy atom. The predicted molar refractivity (Wildman–Crippen MR) is 88.8 cm³/mol. The lowest BCUT2D eigenvalue weighted by atomic mass is 10.6. The summed E-state index contributed by atoms with van der Waals surface area (Å²) in [7, 11) is 0. The highest BCUT2D eigenvalue weighted by Gasteiger charge is 1.91. The van der Waals surface area contributed by atoms with Gasteiger partial charge in [-0.1, -0.05) is 34.1 Å². The average molecular weight is 313 g/mol. The maximum absolute atomic E-state index is 8.42. The summed E-state index contributed by atoms with van der Waals surface area (Å²) in [6.07, 6.45) is 1.25. The molecular formula is C15H39NO5. The molecule has 0 saturated carbocycles. The van der Waals surface area contributed by atoms with E-state index in [1.165, 1.54) is 6.42 Å². The minimum absolute atomic E-state index is 0. The number of rotatable bonds is 13. The molecule has 6 nitrogen and oxygen atoms in total. The Hall–Kier alpha value is -0.240. The topological polar surface area (TPSA) is 83.2 Å². The zero-order valence-electron chi connectivity index (χ0n) is 14.4. The number of aliphatic hydroxyl groups excluding tert-OH is 1. The Labute approximate surface area is 132 Å². The van der Waals surface area contributed by atoms with Crippen LogP contribution in [0, 0.1) is 0 Å². The molecule has 0 radical (unpaired) electrons. The molecule has 0 aliphatic rings. The van der Waals surface area contributed by atoms with Crippen LogP contribution in [0.1, 0.15) is 35.5 Å².